The number of ether oxygens (including phenoxy) is 1. The highest BCUT2D eigenvalue weighted by atomic mass is 16.5. The Kier molecular flexibility index (Phi) is 6.74. The van der Waals surface area contributed by atoms with Crippen LogP contribution in [0.3, 0.4) is 0 Å². The van der Waals surface area contributed by atoms with Crippen molar-refractivity contribution in [2.75, 3.05) is 0 Å². The van der Waals surface area contributed by atoms with E-state index in [4.69, 9.17) is 4.74 Å². The Morgan fingerprint density at radius 3 is 2.53 bits per heavy atom. The highest BCUT2D eigenvalue weighted by Gasteiger charge is 2.61. The van der Waals surface area contributed by atoms with E-state index in [-0.39, 0.29) is 17.5 Å². The summed E-state index contributed by atoms with van der Waals surface area (Å²) < 4.78 is 6.00. The maximum atomic E-state index is 11.9. The SMILES string of the molecule is CC(=O)OC1CCCC2=CC[C@H]3[C@@H]4CC[C@H]([C@H](C)CCC(C)=C(C)C)[C@@]4(C)CC[C@@H]3[C@]21C. The Balaban J connectivity index is 1.55. The van der Waals surface area contributed by atoms with Gasteiger partial charge in [0, 0.05) is 12.3 Å². The monoisotopic (exact) mass is 440 g/mol. The molecule has 8 atom stereocenters. The third kappa shape index (κ3) is 3.92. The molecule has 0 aromatic carbocycles. The molecule has 0 aromatic heterocycles. The van der Waals surface area contributed by atoms with Gasteiger partial charge in [0.1, 0.15) is 6.10 Å². The van der Waals surface area contributed by atoms with Crippen molar-refractivity contribution in [3.63, 3.8) is 0 Å². The first kappa shape index (κ1) is 24.1. The number of rotatable bonds is 5. The molecule has 32 heavy (non-hydrogen) atoms. The lowest BCUT2D eigenvalue weighted by atomic mass is 9.46. The molecule has 2 heteroatoms. The van der Waals surface area contributed by atoms with Gasteiger partial charge in [-0.25, -0.2) is 0 Å². The molecule has 4 rings (SSSR count). The van der Waals surface area contributed by atoms with Crippen molar-refractivity contribution in [1.29, 1.82) is 0 Å². The van der Waals surface area contributed by atoms with E-state index < -0.39 is 0 Å². The summed E-state index contributed by atoms with van der Waals surface area (Å²) in [6.07, 6.45) is 15.5. The van der Waals surface area contributed by atoms with Crippen LogP contribution in [0, 0.1) is 40.4 Å². The van der Waals surface area contributed by atoms with E-state index in [1.807, 2.05) is 0 Å². The Bertz CT molecular complexity index is 787. The first-order valence-electron chi connectivity index (χ1n) is 13.6. The number of hydrogen-bond acceptors (Lipinski definition) is 2. The van der Waals surface area contributed by atoms with Gasteiger partial charge in [-0.15, -0.1) is 0 Å². The summed E-state index contributed by atoms with van der Waals surface area (Å²) in [5.41, 5.74) is 5.26. The Hall–Kier alpha value is -1.05. The van der Waals surface area contributed by atoms with Crippen LogP contribution in [0.2, 0.25) is 0 Å². The third-order valence-electron chi connectivity index (χ3n) is 11.0. The van der Waals surface area contributed by atoms with Crippen LogP contribution in [0.25, 0.3) is 0 Å². The Morgan fingerprint density at radius 2 is 1.84 bits per heavy atom. The molecule has 0 radical (unpaired) electrons. The smallest absolute Gasteiger partial charge is 0.302 e. The molecule has 2 nitrogen and oxygen atoms in total. The van der Waals surface area contributed by atoms with E-state index >= 15 is 0 Å². The van der Waals surface area contributed by atoms with Crippen molar-refractivity contribution in [1.82, 2.24) is 0 Å². The summed E-state index contributed by atoms with van der Waals surface area (Å²) in [5.74, 6) is 3.88. The van der Waals surface area contributed by atoms with Crippen LogP contribution in [-0.2, 0) is 9.53 Å². The van der Waals surface area contributed by atoms with E-state index in [9.17, 15) is 4.79 Å². The molecule has 4 aliphatic carbocycles. The number of allylic oxidation sites excluding steroid dienone is 3. The lowest BCUT2D eigenvalue weighted by Crippen LogP contribution is -2.55. The lowest BCUT2D eigenvalue weighted by Gasteiger charge is -2.59. The predicted octanol–water partition coefficient (Wildman–Crippen LogP) is 8.27. The number of fused-ring (bicyclic) bond motifs is 5. The number of hydrogen-bond donors (Lipinski definition) is 0. The van der Waals surface area contributed by atoms with Crippen molar-refractivity contribution in [3.05, 3.63) is 22.8 Å². The minimum atomic E-state index is -0.0957. The molecule has 180 valence electrons. The summed E-state index contributed by atoms with van der Waals surface area (Å²) in [6, 6.07) is 0. The van der Waals surface area contributed by atoms with Crippen molar-refractivity contribution < 1.29 is 9.53 Å². The summed E-state index contributed by atoms with van der Waals surface area (Å²) in [7, 11) is 0. The van der Waals surface area contributed by atoms with Gasteiger partial charge in [0.2, 0.25) is 0 Å². The van der Waals surface area contributed by atoms with Gasteiger partial charge in [-0.3, -0.25) is 4.79 Å². The van der Waals surface area contributed by atoms with Crippen LogP contribution >= 0.6 is 0 Å². The first-order chi connectivity index (χ1) is 15.1. The highest BCUT2D eigenvalue weighted by molar-refractivity contribution is 5.66. The highest BCUT2D eigenvalue weighted by Crippen LogP contribution is 2.67. The number of esters is 1. The molecule has 0 N–H and O–H groups in total. The average Bonchev–Trinajstić information content (AvgIpc) is 3.09. The van der Waals surface area contributed by atoms with E-state index in [0.29, 0.717) is 11.3 Å². The molecule has 0 bridgehead atoms. The van der Waals surface area contributed by atoms with Gasteiger partial charge in [0.25, 0.3) is 0 Å². The second-order valence-corrected chi connectivity index (χ2v) is 12.6. The standard InChI is InChI=1S/C30H48O2/c1-19(2)20(3)11-12-21(4)25-15-16-26-24-14-13-23-9-8-10-28(32-22(5)31)30(23,7)27(24)17-18-29(25,26)6/h13,21,24-28H,8-12,14-18H2,1-7H3/t21-,24+,25-,26+,27+,28?,29-,30+/m1/s1. The van der Waals surface area contributed by atoms with Crippen LogP contribution < -0.4 is 0 Å². The summed E-state index contributed by atoms with van der Waals surface area (Å²) in [6.45, 7) is 16.1. The maximum absolute atomic E-state index is 11.9. The van der Waals surface area contributed by atoms with Crippen LogP contribution in [0.5, 0.6) is 0 Å². The fraction of sp³-hybridized carbons (Fsp3) is 0.833. The summed E-state index contributed by atoms with van der Waals surface area (Å²) in [4.78, 5) is 11.9. The molecule has 1 unspecified atom stereocenters. The topological polar surface area (TPSA) is 26.3 Å². The normalized spacial score (nSPS) is 41.6. The van der Waals surface area contributed by atoms with Gasteiger partial charge in [-0.05, 0) is 120 Å². The fourth-order valence-electron chi connectivity index (χ4n) is 8.94. The van der Waals surface area contributed by atoms with Gasteiger partial charge in [0.05, 0.1) is 0 Å². The van der Waals surface area contributed by atoms with Gasteiger partial charge in [-0.2, -0.15) is 0 Å². The molecule has 3 fully saturated rings. The predicted molar refractivity (Wildman–Crippen MR) is 133 cm³/mol. The molecule has 0 heterocycles. The molecule has 3 saturated carbocycles. The minimum absolute atomic E-state index is 0.0679. The number of carbonyl (C=O) groups excluding carboxylic acids is 1. The lowest BCUT2D eigenvalue weighted by molar-refractivity contribution is -0.162. The molecule has 0 aliphatic heterocycles. The molecule has 4 aliphatic rings. The van der Waals surface area contributed by atoms with Crippen molar-refractivity contribution in [2.24, 2.45) is 40.4 Å². The van der Waals surface area contributed by atoms with Gasteiger partial charge < -0.3 is 4.74 Å². The van der Waals surface area contributed by atoms with Crippen molar-refractivity contribution >= 4 is 5.97 Å². The zero-order valence-electron chi connectivity index (χ0n) is 21.9. The molecular weight excluding hydrogens is 392 g/mol. The second kappa shape index (κ2) is 8.95. The number of carbonyl (C=O) groups is 1. The molecule has 0 amide bonds. The second-order valence-electron chi connectivity index (χ2n) is 12.6. The molecule has 0 aromatic rings. The minimum Gasteiger partial charge on any atom is -0.462 e. The van der Waals surface area contributed by atoms with Crippen LogP contribution in [0.15, 0.2) is 22.8 Å². The third-order valence-corrected chi connectivity index (χ3v) is 11.0. The quantitative estimate of drug-likeness (QED) is 0.317. The van der Waals surface area contributed by atoms with E-state index in [2.05, 4.69) is 47.6 Å². The van der Waals surface area contributed by atoms with Gasteiger partial charge in [0.15, 0.2) is 0 Å². The Labute approximate surface area is 197 Å². The van der Waals surface area contributed by atoms with Crippen molar-refractivity contribution in [2.45, 2.75) is 119 Å². The van der Waals surface area contributed by atoms with Gasteiger partial charge >= 0.3 is 5.97 Å². The summed E-state index contributed by atoms with van der Waals surface area (Å²) in [5, 5.41) is 0. The zero-order valence-corrected chi connectivity index (χ0v) is 21.9. The zero-order chi connectivity index (χ0) is 23.3. The van der Waals surface area contributed by atoms with Crippen LogP contribution in [-0.4, -0.2) is 12.1 Å². The van der Waals surface area contributed by atoms with E-state index in [1.165, 1.54) is 63.4 Å². The molecular formula is C30H48O2. The average molecular weight is 441 g/mol. The van der Waals surface area contributed by atoms with E-state index in [1.54, 1.807) is 18.1 Å². The molecule has 0 saturated heterocycles. The Morgan fingerprint density at radius 1 is 1.09 bits per heavy atom. The maximum Gasteiger partial charge on any atom is 0.302 e. The van der Waals surface area contributed by atoms with Crippen LogP contribution in [0.1, 0.15) is 113 Å². The van der Waals surface area contributed by atoms with Crippen LogP contribution in [0.4, 0.5) is 0 Å². The first-order valence-corrected chi connectivity index (χ1v) is 13.6. The van der Waals surface area contributed by atoms with E-state index in [0.717, 1.165) is 30.1 Å². The summed E-state index contributed by atoms with van der Waals surface area (Å²) >= 11 is 0. The fourth-order valence-corrected chi connectivity index (χ4v) is 8.94. The van der Waals surface area contributed by atoms with Gasteiger partial charge in [-0.1, -0.05) is 43.6 Å². The molecule has 0 spiro atoms. The van der Waals surface area contributed by atoms with Crippen molar-refractivity contribution in [3.8, 4) is 0 Å². The largest absolute Gasteiger partial charge is 0.462 e.